The van der Waals surface area contributed by atoms with Crippen LogP contribution in [0.3, 0.4) is 0 Å². The number of benzene rings is 2. The fraction of sp³-hybridized carbons (Fsp3) is 0.462. The maximum absolute atomic E-state index is 13.0. The molecular weight excluding hydrogens is 521 g/mol. The number of rotatable bonds is 7. The number of methoxy groups -OCH3 is 2. The smallest absolute Gasteiger partial charge is 0.416 e. The molecule has 38 heavy (non-hydrogen) atoms. The number of nitrogens with zero attached hydrogens (tertiary/aromatic N) is 3. The van der Waals surface area contributed by atoms with Crippen molar-refractivity contribution in [2.24, 2.45) is 0 Å². The minimum Gasteiger partial charge on any atom is -0.497 e. The van der Waals surface area contributed by atoms with E-state index in [1.165, 1.54) is 12.1 Å². The maximum atomic E-state index is 13.0. The fourth-order valence-electron chi connectivity index (χ4n) is 4.54. The topological polar surface area (TPSA) is 74.4 Å². The van der Waals surface area contributed by atoms with E-state index in [1.807, 2.05) is 30.0 Å². The molecule has 0 bridgehead atoms. The molecule has 2 unspecified atom stereocenters. The molecule has 206 valence electrons. The van der Waals surface area contributed by atoms with Crippen molar-refractivity contribution >= 4 is 29.4 Å². The molecule has 4 rings (SSSR count). The minimum absolute atomic E-state index is 0.0689. The summed E-state index contributed by atoms with van der Waals surface area (Å²) in [5.74, 6) is 1.46. The maximum Gasteiger partial charge on any atom is 0.416 e. The second-order valence-electron chi connectivity index (χ2n) is 9.10. The zero-order valence-corrected chi connectivity index (χ0v) is 22.3. The summed E-state index contributed by atoms with van der Waals surface area (Å²) in [5.41, 5.74) is 0.434. The lowest BCUT2D eigenvalue weighted by Crippen LogP contribution is -2.51. The average Bonchev–Trinajstić information content (AvgIpc) is 3.20. The van der Waals surface area contributed by atoms with Gasteiger partial charge in [-0.05, 0) is 49.4 Å². The summed E-state index contributed by atoms with van der Waals surface area (Å²) in [6.45, 7) is 5.27. The van der Waals surface area contributed by atoms with Crippen LogP contribution in [-0.4, -0.2) is 85.4 Å². The Balaban J connectivity index is 1.31. The van der Waals surface area contributed by atoms with Gasteiger partial charge in [0.25, 0.3) is 0 Å². The fourth-order valence-corrected chi connectivity index (χ4v) is 5.87. The molecule has 0 aliphatic carbocycles. The lowest BCUT2D eigenvalue weighted by molar-refractivity contribution is -0.137. The molecule has 2 saturated heterocycles. The molecule has 0 spiro atoms. The molecule has 1 N–H and O–H groups in total. The van der Waals surface area contributed by atoms with Gasteiger partial charge in [0.1, 0.15) is 16.9 Å². The first-order chi connectivity index (χ1) is 18.1. The van der Waals surface area contributed by atoms with Gasteiger partial charge in [0.05, 0.1) is 25.0 Å². The molecule has 2 fully saturated rings. The third kappa shape index (κ3) is 6.29. The van der Waals surface area contributed by atoms with Crippen LogP contribution in [-0.2, 0) is 11.0 Å². The van der Waals surface area contributed by atoms with Crippen LogP contribution >= 0.6 is 11.8 Å². The molecular formula is C26H31F3N4O4S. The summed E-state index contributed by atoms with van der Waals surface area (Å²) in [4.78, 5) is 31.3. The van der Waals surface area contributed by atoms with Crippen LogP contribution < -0.4 is 14.8 Å². The van der Waals surface area contributed by atoms with Crippen molar-refractivity contribution in [1.29, 1.82) is 0 Å². The van der Waals surface area contributed by atoms with Crippen molar-refractivity contribution in [3.8, 4) is 11.5 Å². The first kappa shape index (κ1) is 27.9. The highest BCUT2D eigenvalue weighted by Crippen LogP contribution is 2.46. The number of halogens is 3. The number of carbonyl (C=O) groups is 2. The quantitative estimate of drug-likeness (QED) is 0.544. The normalized spacial score (nSPS) is 20.5. The Labute approximate surface area is 224 Å². The molecule has 12 heteroatoms. The van der Waals surface area contributed by atoms with Gasteiger partial charge in [-0.3, -0.25) is 9.69 Å². The van der Waals surface area contributed by atoms with E-state index >= 15 is 0 Å². The molecule has 0 aromatic heterocycles. The number of piperazine rings is 1. The number of anilines is 1. The van der Waals surface area contributed by atoms with Gasteiger partial charge in [0.15, 0.2) is 0 Å². The molecule has 2 atom stereocenters. The van der Waals surface area contributed by atoms with E-state index in [0.29, 0.717) is 56.5 Å². The van der Waals surface area contributed by atoms with Crippen LogP contribution in [0.4, 0.5) is 23.7 Å². The number of ether oxygens (including phenoxy) is 2. The van der Waals surface area contributed by atoms with Crippen LogP contribution in [0.25, 0.3) is 0 Å². The van der Waals surface area contributed by atoms with Crippen LogP contribution in [0.15, 0.2) is 42.5 Å². The van der Waals surface area contributed by atoms with E-state index in [1.54, 1.807) is 30.9 Å². The van der Waals surface area contributed by atoms with E-state index in [9.17, 15) is 22.8 Å². The molecule has 8 nitrogen and oxygen atoms in total. The van der Waals surface area contributed by atoms with Crippen LogP contribution in [0.5, 0.6) is 11.5 Å². The predicted molar refractivity (Wildman–Crippen MR) is 140 cm³/mol. The molecule has 2 aromatic rings. The second-order valence-corrected chi connectivity index (χ2v) is 10.5. The number of nitrogens with one attached hydrogen (secondary N) is 1. The Bertz CT molecular complexity index is 1140. The van der Waals surface area contributed by atoms with Crippen molar-refractivity contribution in [3.63, 3.8) is 0 Å². The van der Waals surface area contributed by atoms with Crippen molar-refractivity contribution in [3.05, 3.63) is 53.6 Å². The zero-order valence-electron chi connectivity index (χ0n) is 21.5. The number of hydrogen-bond donors (Lipinski definition) is 1. The summed E-state index contributed by atoms with van der Waals surface area (Å²) >= 11 is 1.58. The third-order valence-corrected chi connectivity index (χ3v) is 8.11. The summed E-state index contributed by atoms with van der Waals surface area (Å²) in [5, 5.41) is 2.29. The van der Waals surface area contributed by atoms with Gasteiger partial charge in [-0.1, -0.05) is 0 Å². The lowest BCUT2D eigenvalue weighted by atomic mass is 10.1. The molecule has 2 aliphatic heterocycles. The number of carbonyl (C=O) groups excluding carboxylic acids is 2. The van der Waals surface area contributed by atoms with Crippen molar-refractivity contribution in [1.82, 2.24) is 14.7 Å². The number of hydrogen-bond acceptors (Lipinski definition) is 6. The predicted octanol–water partition coefficient (Wildman–Crippen LogP) is 4.53. The summed E-state index contributed by atoms with van der Waals surface area (Å²) in [6.07, 6.45) is -4.42. The van der Waals surface area contributed by atoms with Gasteiger partial charge >= 0.3 is 12.2 Å². The van der Waals surface area contributed by atoms with Crippen molar-refractivity contribution in [2.75, 3.05) is 58.8 Å². The standard InChI is InChI=1S/C26H31F3N4O4S/c1-17-23(34)33(24(38-17)21-16-20(36-2)8-9-22(21)37-3)15-12-31-10-13-32(14-11-31)25(35)30-19-6-4-18(5-7-19)26(27,28)29/h4-9,16-17,24H,10-15H2,1-3H3,(H,30,35). The van der Waals surface area contributed by atoms with E-state index in [4.69, 9.17) is 9.47 Å². The van der Waals surface area contributed by atoms with Gasteiger partial charge in [0, 0.05) is 50.5 Å². The summed E-state index contributed by atoms with van der Waals surface area (Å²) < 4.78 is 49.2. The molecule has 2 aliphatic rings. The van der Waals surface area contributed by atoms with E-state index < -0.39 is 11.7 Å². The Morgan fingerprint density at radius 2 is 1.71 bits per heavy atom. The van der Waals surface area contributed by atoms with E-state index in [0.717, 1.165) is 17.7 Å². The first-order valence-electron chi connectivity index (χ1n) is 12.2. The van der Waals surface area contributed by atoms with Gasteiger partial charge in [-0.2, -0.15) is 13.2 Å². The van der Waals surface area contributed by atoms with E-state index in [2.05, 4.69) is 10.2 Å². The number of urea groups is 1. The molecule has 2 aromatic carbocycles. The molecule has 0 saturated carbocycles. The Morgan fingerprint density at radius 3 is 2.32 bits per heavy atom. The van der Waals surface area contributed by atoms with Crippen molar-refractivity contribution < 1.29 is 32.2 Å². The third-order valence-electron chi connectivity index (χ3n) is 6.73. The number of alkyl halides is 3. The summed E-state index contributed by atoms with van der Waals surface area (Å²) in [6, 6.07) is 9.60. The highest BCUT2D eigenvalue weighted by Gasteiger charge is 2.40. The second kappa shape index (κ2) is 11.7. The molecule has 2 heterocycles. The minimum atomic E-state index is -4.42. The zero-order chi connectivity index (χ0) is 27.4. The average molecular weight is 553 g/mol. The lowest BCUT2D eigenvalue weighted by Gasteiger charge is -2.36. The molecule has 3 amide bonds. The number of amides is 3. The Hall–Kier alpha value is -3.12. The number of thioether (sulfide) groups is 1. The van der Waals surface area contributed by atoms with Gasteiger partial charge in [-0.25, -0.2) is 4.79 Å². The summed E-state index contributed by atoms with van der Waals surface area (Å²) in [7, 11) is 3.20. The SMILES string of the molecule is COc1ccc(OC)c(C2SC(C)C(=O)N2CCN2CCN(C(=O)Nc3ccc(C(F)(F)F)cc3)CC2)c1. The Morgan fingerprint density at radius 1 is 1.03 bits per heavy atom. The van der Waals surface area contributed by atoms with Crippen LogP contribution in [0.1, 0.15) is 23.4 Å². The van der Waals surface area contributed by atoms with Crippen LogP contribution in [0.2, 0.25) is 0 Å². The van der Waals surface area contributed by atoms with Gasteiger partial charge < -0.3 is 24.6 Å². The van der Waals surface area contributed by atoms with Gasteiger partial charge in [-0.15, -0.1) is 11.8 Å². The van der Waals surface area contributed by atoms with Gasteiger partial charge in [0.2, 0.25) is 5.91 Å². The van der Waals surface area contributed by atoms with Crippen LogP contribution in [0, 0.1) is 0 Å². The highest BCUT2D eigenvalue weighted by atomic mass is 32.2. The first-order valence-corrected chi connectivity index (χ1v) is 13.2. The van der Waals surface area contributed by atoms with Crippen molar-refractivity contribution in [2.45, 2.75) is 23.7 Å². The van der Waals surface area contributed by atoms with E-state index in [-0.39, 0.29) is 22.6 Å². The molecule has 0 radical (unpaired) electrons. The largest absolute Gasteiger partial charge is 0.497 e. The highest BCUT2D eigenvalue weighted by molar-refractivity contribution is 8.01. The monoisotopic (exact) mass is 552 g/mol. The Kier molecular flexibility index (Phi) is 8.61.